The van der Waals surface area contributed by atoms with Gasteiger partial charge in [-0.05, 0) is 51.6 Å². The number of likely N-dealkylation sites (tertiary alicyclic amines) is 1. The molecule has 0 aliphatic carbocycles. The van der Waals surface area contributed by atoms with Crippen molar-refractivity contribution in [2.75, 3.05) is 27.2 Å². The first-order chi connectivity index (χ1) is 16.0. The van der Waals surface area contributed by atoms with Gasteiger partial charge in [-0.1, -0.05) is 66.4 Å². The second-order valence-electron chi connectivity index (χ2n) is 10.6. The minimum Gasteiger partial charge on any atom is -0.352 e. The van der Waals surface area contributed by atoms with Crippen molar-refractivity contribution in [2.45, 2.75) is 105 Å². The lowest BCUT2D eigenvalue weighted by Gasteiger charge is -2.36. The fourth-order valence-electron chi connectivity index (χ4n) is 4.51. The molecule has 0 saturated carbocycles. The summed E-state index contributed by atoms with van der Waals surface area (Å²) in [6, 6.07) is -1.03. The monoisotopic (exact) mass is 478 g/mol. The Morgan fingerprint density at radius 2 is 1.74 bits per heavy atom. The van der Waals surface area contributed by atoms with E-state index in [1.165, 1.54) is 12.8 Å². The molecule has 1 heterocycles. The third-order valence-electron chi connectivity index (χ3n) is 6.88. The zero-order chi connectivity index (χ0) is 25.8. The van der Waals surface area contributed by atoms with Crippen LogP contribution in [0.15, 0.2) is 11.6 Å². The van der Waals surface area contributed by atoms with E-state index in [0.717, 1.165) is 38.6 Å². The first kappa shape index (κ1) is 30.1. The van der Waals surface area contributed by atoms with Crippen LogP contribution in [-0.2, 0) is 14.4 Å². The summed E-state index contributed by atoms with van der Waals surface area (Å²) in [5.74, 6) is -0.203. The van der Waals surface area contributed by atoms with Crippen molar-refractivity contribution in [3.63, 3.8) is 0 Å². The minimum atomic E-state index is -0.602. The van der Waals surface area contributed by atoms with E-state index in [0.29, 0.717) is 12.1 Å². The summed E-state index contributed by atoms with van der Waals surface area (Å²) in [5.41, 5.74) is 0.614. The van der Waals surface area contributed by atoms with Crippen molar-refractivity contribution in [3.8, 4) is 0 Å². The van der Waals surface area contributed by atoms with Gasteiger partial charge in [-0.25, -0.2) is 0 Å². The third kappa shape index (κ3) is 9.40. The Balaban J connectivity index is 2.88. The largest absolute Gasteiger partial charge is 0.352 e. The third-order valence-corrected chi connectivity index (χ3v) is 6.88. The van der Waals surface area contributed by atoms with Crippen LogP contribution >= 0.6 is 0 Å². The van der Waals surface area contributed by atoms with Crippen LogP contribution in [-0.4, -0.2) is 72.8 Å². The number of rotatable bonds is 13. The summed E-state index contributed by atoms with van der Waals surface area (Å²) in [6.45, 7) is 13.5. The number of carbonyl (C=O) groups is 3. The second-order valence-corrected chi connectivity index (χ2v) is 10.6. The molecule has 1 aliphatic rings. The van der Waals surface area contributed by atoms with Gasteiger partial charge in [-0.15, -0.1) is 0 Å². The Kier molecular flexibility index (Phi) is 13.5. The first-order valence-electron chi connectivity index (χ1n) is 13.2. The molecule has 0 spiro atoms. The molecular formula is C27H50N4O3. The smallest absolute Gasteiger partial charge is 0.246 e. The highest BCUT2D eigenvalue weighted by molar-refractivity contribution is 5.93. The summed E-state index contributed by atoms with van der Waals surface area (Å²) < 4.78 is 0. The molecule has 0 bridgehead atoms. The van der Waals surface area contributed by atoms with E-state index in [9.17, 15) is 14.4 Å². The predicted octanol–water partition coefficient (Wildman–Crippen LogP) is 3.74. The van der Waals surface area contributed by atoms with Crippen molar-refractivity contribution < 1.29 is 14.4 Å². The predicted molar refractivity (Wildman–Crippen MR) is 139 cm³/mol. The molecule has 1 aliphatic heterocycles. The lowest BCUT2D eigenvalue weighted by Crippen LogP contribution is -2.57. The standard InChI is InChI=1S/C27H50N4O3/c1-9-10-11-13-16-28-25(32)21(6)18-23(19(2)3)31(8)27(34)24(20(4)5)29-26(33)22-15-12-14-17-30(22)7/h18-20,22-24H,9-17H2,1-8H3,(H,28,32)(H,29,33)/t22?,23-,24+/m1/s1. The van der Waals surface area contributed by atoms with E-state index in [-0.39, 0.29) is 41.6 Å². The second kappa shape index (κ2) is 15.2. The molecule has 7 nitrogen and oxygen atoms in total. The van der Waals surface area contributed by atoms with Gasteiger partial charge in [0.25, 0.3) is 0 Å². The SMILES string of the molecule is CCCCCCNC(=O)C(C)=C[C@H](C(C)C)N(C)C(=O)[C@@H](NC(=O)C1CCCCN1C)C(C)C. The van der Waals surface area contributed by atoms with Crippen LogP contribution in [0.2, 0.25) is 0 Å². The Morgan fingerprint density at radius 1 is 1.06 bits per heavy atom. The molecule has 196 valence electrons. The van der Waals surface area contributed by atoms with Crippen molar-refractivity contribution in [1.29, 1.82) is 0 Å². The lowest BCUT2D eigenvalue weighted by atomic mass is 9.96. The van der Waals surface area contributed by atoms with Gasteiger partial charge < -0.3 is 15.5 Å². The average molecular weight is 479 g/mol. The van der Waals surface area contributed by atoms with Gasteiger partial charge in [0.05, 0.1) is 12.1 Å². The molecule has 1 unspecified atom stereocenters. The van der Waals surface area contributed by atoms with E-state index in [4.69, 9.17) is 0 Å². The molecule has 7 heteroatoms. The molecule has 0 aromatic carbocycles. The van der Waals surface area contributed by atoms with Crippen LogP contribution in [0.1, 0.15) is 86.5 Å². The topological polar surface area (TPSA) is 81.8 Å². The molecule has 1 fully saturated rings. The quantitative estimate of drug-likeness (QED) is 0.312. The highest BCUT2D eigenvalue weighted by atomic mass is 16.2. The first-order valence-corrected chi connectivity index (χ1v) is 13.2. The summed E-state index contributed by atoms with van der Waals surface area (Å²) in [7, 11) is 3.74. The van der Waals surface area contributed by atoms with Crippen molar-refractivity contribution in [3.05, 3.63) is 11.6 Å². The summed E-state index contributed by atoms with van der Waals surface area (Å²) in [4.78, 5) is 42.9. The highest BCUT2D eigenvalue weighted by Gasteiger charge is 2.34. The zero-order valence-electron chi connectivity index (χ0n) is 22.9. The highest BCUT2D eigenvalue weighted by Crippen LogP contribution is 2.19. The van der Waals surface area contributed by atoms with Gasteiger partial charge in [0.15, 0.2) is 0 Å². The number of hydrogen-bond acceptors (Lipinski definition) is 4. The van der Waals surface area contributed by atoms with Crippen LogP contribution in [0.3, 0.4) is 0 Å². The van der Waals surface area contributed by atoms with Crippen LogP contribution in [0, 0.1) is 11.8 Å². The summed E-state index contributed by atoms with van der Waals surface area (Å²) in [5, 5.41) is 6.03. The maximum absolute atomic E-state index is 13.5. The summed E-state index contributed by atoms with van der Waals surface area (Å²) >= 11 is 0. The van der Waals surface area contributed by atoms with E-state index < -0.39 is 6.04 Å². The van der Waals surface area contributed by atoms with Crippen molar-refractivity contribution >= 4 is 17.7 Å². The molecule has 0 aromatic heterocycles. The maximum Gasteiger partial charge on any atom is 0.246 e. The van der Waals surface area contributed by atoms with Crippen LogP contribution in [0.25, 0.3) is 0 Å². The van der Waals surface area contributed by atoms with Gasteiger partial charge >= 0.3 is 0 Å². The minimum absolute atomic E-state index is 0.0443. The van der Waals surface area contributed by atoms with Gasteiger partial charge in [0, 0.05) is 19.2 Å². The summed E-state index contributed by atoms with van der Waals surface area (Å²) in [6.07, 6.45) is 9.27. The number of carbonyl (C=O) groups excluding carboxylic acids is 3. The van der Waals surface area contributed by atoms with Crippen LogP contribution in [0.4, 0.5) is 0 Å². The Hall–Kier alpha value is -1.89. The number of likely N-dealkylation sites (N-methyl/N-ethyl adjacent to an activating group) is 2. The Morgan fingerprint density at radius 3 is 2.29 bits per heavy atom. The fraction of sp³-hybridized carbons (Fsp3) is 0.815. The van der Waals surface area contributed by atoms with Gasteiger partial charge in [-0.2, -0.15) is 0 Å². The Bertz CT molecular complexity index is 689. The van der Waals surface area contributed by atoms with E-state index >= 15 is 0 Å². The molecule has 3 atom stereocenters. The molecule has 0 radical (unpaired) electrons. The number of nitrogens with zero attached hydrogens (tertiary/aromatic N) is 2. The number of amides is 3. The molecule has 3 amide bonds. The normalized spacial score (nSPS) is 19.1. The van der Waals surface area contributed by atoms with Gasteiger partial charge in [0.1, 0.15) is 6.04 Å². The number of hydrogen-bond donors (Lipinski definition) is 2. The van der Waals surface area contributed by atoms with Gasteiger partial charge in [-0.3, -0.25) is 19.3 Å². The Labute approximate surface area is 208 Å². The van der Waals surface area contributed by atoms with Crippen LogP contribution < -0.4 is 10.6 Å². The molecule has 0 aromatic rings. The molecule has 34 heavy (non-hydrogen) atoms. The van der Waals surface area contributed by atoms with E-state index in [1.54, 1.807) is 18.9 Å². The fourth-order valence-corrected chi connectivity index (χ4v) is 4.51. The van der Waals surface area contributed by atoms with Crippen molar-refractivity contribution in [1.82, 2.24) is 20.4 Å². The average Bonchev–Trinajstić information content (AvgIpc) is 2.79. The maximum atomic E-state index is 13.5. The van der Waals surface area contributed by atoms with E-state index in [1.807, 2.05) is 40.8 Å². The molecule has 1 saturated heterocycles. The molecule has 2 N–H and O–H groups in total. The van der Waals surface area contributed by atoms with Crippen LogP contribution in [0.5, 0.6) is 0 Å². The number of piperidine rings is 1. The van der Waals surface area contributed by atoms with Gasteiger partial charge in [0.2, 0.25) is 17.7 Å². The number of nitrogens with one attached hydrogen (secondary N) is 2. The zero-order valence-corrected chi connectivity index (χ0v) is 22.9. The molecular weight excluding hydrogens is 428 g/mol. The molecule has 1 rings (SSSR count). The number of unbranched alkanes of at least 4 members (excludes halogenated alkanes) is 3. The lowest BCUT2D eigenvalue weighted by molar-refractivity contribution is -0.139. The van der Waals surface area contributed by atoms with Crippen molar-refractivity contribution in [2.24, 2.45) is 11.8 Å². The van der Waals surface area contributed by atoms with E-state index in [2.05, 4.69) is 22.5 Å².